The van der Waals surface area contributed by atoms with Gasteiger partial charge in [-0.15, -0.1) is 0 Å². The maximum Gasteiger partial charge on any atom is 0.0637 e. The summed E-state index contributed by atoms with van der Waals surface area (Å²) in [6, 6.07) is 14.5. The third-order valence-corrected chi connectivity index (χ3v) is 3.67. The standard InChI is InChI=1S/C15H15BrClN/c1-10-6-7-14(17)15(8-10)18-11(2)12-4-3-5-13(16)9-12/h3-9,11,18H,1-2H3. The first kappa shape index (κ1) is 13.4. The summed E-state index contributed by atoms with van der Waals surface area (Å²) >= 11 is 9.68. The molecular weight excluding hydrogens is 310 g/mol. The van der Waals surface area contributed by atoms with Gasteiger partial charge >= 0.3 is 0 Å². The van der Waals surface area contributed by atoms with Gasteiger partial charge in [0.1, 0.15) is 0 Å². The number of rotatable bonds is 3. The van der Waals surface area contributed by atoms with E-state index in [2.05, 4.69) is 53.3 Å². The Balaban J connectivity index is 2.21. The molecule has 0 aliphatic carbocycles. The molecule has 2 aromatic carbocycles. The Hall–Kier alpha value is -0.990. The van der Waals surface area contributed by atoms with E-state index in [-0.39, 0.29) is 6.04 Å². The van der Waals surface area contributed by atoms with Crippen molar-refractivity contribution in [3.8, 4) is 0 Å². The lowest BCUT2D eigenvalue weighted by atomic mass is 10.1. The number of halogens is 2. The summed E-state index contributed by atoms with van der Waals surface area (Å²) in [7, 11) is 0. The molecule has 0 saturated heterocycles. The van der Waals surface area contributed by atoms with Crippen molar-refractivity contribution in [3.63, 3.8) is 0 Å². The minimum absolute atomic E-state index is 0.210. The molecule has 0 radical (unpaired) electrons. The second kappa shape index (κ2) is 5.77. The van der Waals surface area contributed by atoms with Gasteiger partial charge in [-0.3, -0.25) is 0 Å². The molecule has 0 aliphatic rings. The average Bonchev–Trinajstić information content (AvgIpc) is 2.34. The molecule has 1 unspecified atom stereocenters. The molecule has 0 bridgehead atoms. The molecule has 1 nitrogen and oxygen atoms in total. The molecule has 0 heterocycles. The van der Waals surface area contributed by atoms with Gasteiger partial charge in [0.05, 0.1) is 10.7 Å². The van der Waals surface area contributed by atoms with Gasteiger partial charge in [-0.25, -0.2) is 0 Å². The summed E-state index contributed by atoms with van der Waals surface area (Å²) < 4.78 is 1.09. The fourth-order valence-electron chi connectivity index (χ4n) is 1.84. The molecule has 1 atom stereocenters. The smallest absolute Gasteiger partial charge is 0.0637 e. The molecule has 0 saturated carbocycles. The minimum Gasteiger partial charge on any atom is -0.377 e. The number of hydrogen-bond donors (Lipinski definition) is 1. The maximum absolute atomic E-state index is 6.19. The van der Waals surface area contributed by atoms with Crippen molar-refractivity contribution >= 4 is 33.2 Å². The monoisotopic (exact) mass is 323 g/mol. The maximum atomic E-state index is 6.19. The molecule has 2 rings (SSSR count). The molecule has 18 heavy (non-hydrogen) atoms. The van der Waals surface area contributed by atoms with E-state index in [9.17, 15) is 0 Å². The SMILES string of the molecule is Cc1ccc(Cl)c(NC(C)c2cccc(Br)c2)c1. The number of hydrogen-bond acceptors (Lipinski definition) is 1. The Morgan fingerprint density at radius 3 is 2.67 bits per heavy atom. The van der Waals surface area contributed by atoms with E-state index in [1.807, 2.05) is 24.3 Å². The van der Waals surface area contributed by atoms with Crippen LogP contribution in [0.5, 0.6) is 0 Å². The van der Waals surface area contributed by atoms with E-state index in [1.165, 1.54) is 11.1 Å². The minimum atomic E-state index is 0.210. The van der Waals surface area contributed by atoms with Crippen LogP contribution in [0.2, 0.25) is 5.02 Å². The van der Waals surface area contributed by atoms with Crippen LogP contribution in [-0.2, 0) is 0 Å². The van der Waals surface area contributed by atoms with Gasteiger partial charge in [-0.2, -0.15) is 0 Å². The van der Waals surface area contributed by atoms with E-state index in [0.717, 1.165) is 15.2 Å². The van der Waals surface area contributed by atoms with E-state index in [4.69, 9.17) is 11.6 Å². The number of aryl methyl sites for hydroxylation is 1. The first-order valence-corrected chi connectivity index (χ1v) is 7.01. The van der Waals surface area contributed by atoms with Crippen molar-refractivity contribution in [2.24, 2.45) is 0 Å². The van der Waals surface area contributed by atoms with Gasteiger partial charge in [-0.05, 0) is 49.2 Å². The zero-order chi connectivity index (χ0) is 13.1. The Kier molecular flexibility index (Phi) is 4.31. The summed E-state index contributed by atoms with van der Waals surface area (Å²) in [6.07, 6.45) is 0. The highest BCUT2D eigenvalue weighted by Gasteiger charge is 2.08. The summed E-state index contributed by atoms with van der Waals surface area (Å²) in [5.74, 6) is 0. The summed E-state index contributed by atoms with van der Waals surface area (Å²) in [5, 5.41) is 4.19. The van der Waals surface area contributed by atoms with Crippen LogP contribution >= 0.6 is 27.5 Å². The Labute approximate surface area is 121 Å². The van der Waals surface area contributed by atoms with Crippen molar-refractivity contribution < 1.29 is 0 Å². The molecule has 2 aromatic rings. The van der Waals surface area contributed by atoms with Crippen molar-refractivity contribution in [3.05, 3.63) is 63.1 Å². The second-order valence-corrected chi connectivity index (χ2v) is 5.73. The molecule has 0 aromatic heterocycles. The molecular formula is C15H15BrClN. The van der Waals surface area contributed by atoms with E-state index in [0.29, 0.717) is 0 Å². The Morgan fingerprint density at radius 1 is 1.17 bits per heavy atom. The van der Waals surface area contributed by atoms with Crippen LogP contribution in [0.15, 0.2) is 46.9 Å². The second-order valence-electron chi connectivity index (χ2n) is 4.40. The predicted molar refractivity (Wildman–Crippen MR) is 82.4 cm³/mol. The number of nitrogens with one attached hydrogen (secondary N) is 1. The number of benzene rings is 2. The van der Waals surface area contributed by atoms with Crippen LogP contribution in [0.1, 0.15) is 24.1 Å². The van der Waals surface area contributed by atoms with Gasteiger partial charge in [0.2, 0.25) is 0 Å². The topological polar surface area (TPSA) is 12.0 Å². The highest BCUT2D eigenvalue weighted by molar-refractivity contribution is 9.10. The van der Waals surface area contributed by atoms with Crippen LogP contribution in [0.25, 0.3) is 0 Å². The third-order valence-electron chi connectivity index (χ3n) is 2.84. The number of anilines is 1. The van der Waals surface area contributed by atoms with Gasteiger partial charge in [0, 0.05) is 10.5 Å². The normalized spacial score (nSPS) is 12.2. The van der Waals surface area contributed by atoms with Crippen molar-refractivity contribution in [1.29, 1.82) is 0 Å². The Bertz CT molecular complexity index is 554. The van der Waals surface area contributed by atoms with Crippen LogP contribution in [0.4, 0.5) is 5.69 Å². The lowest BCUT2D eigenvalue weighted by Crippen LogP contribution is -2.07. The van der Waals surface area contributed by atoms with Crippen molar-refractivity contribution in [1.82, 2.24) is 0 Å². The largest absolute Gasteiger partial charge is 0.377 e. The van der Waals surface area contributed by atoms with Crippen molar-refractivity contribution in [2.45, 2.75) is 19.9 Å². The van der Waals surface area contributed by atoms with E-state index in [1.54, 1.807) is 0 Å². The van der Waals surface area contributed by atoms with Crippen LogP contribution in [-0.4, -0.2) is 0 Å². The molecule has 0 amide bonds. The van der Waals surface area contributed by atoms with E-state index < -0.39 is 0 Å². The zero-order valence-electron chi connectivity index (χ0n) is 10.4. The summed E-state index contributed by atoms with van der Waals surface area (Å²) in [5.41, 5.74) is 3.40. The highest BCUT2D eigenvalue weighted by Crippen LogP contribution is 2.27. The predicted octanol–water partition coefficient (Wildman–Crippen LogP) is 5.58. The van der Waals surface area contributed by atoms with Crippen LogP contribution < -0.4 is 5.32 Å². The molecule has 0 spiro atoms. The third kappa shape index (κ3) is 3.27. The van der Waals surface area contributed by atoms with E-state index >= 15 is 0 Å². The molecule has 0 fully saturated rings. The van der Waals surface area contributed by atoms with Gasteiger partial charge in [0.15, 0.2) is 0 Å². The van der Waals surface area contributed by atoms with Gasteiger partial charge < -0.3 is 5.32 Å². The average molecular weight is 325 g/mol. The molecule has 0 aliphatic heterocycles. The van der Waals surface area contributed by atoms with Crippen molar-refractivity contribution in [2.75, 3.05) is 5.32 Å². The fraction of sp³-hybridized carbons (Fsp3) is 0.200. The quantitative estimate of drug-likeness (QED) is 0.776. The molecule has 1 N–H and O–H groups in total. The van der Waals surface area contributed by atoms with Crippen LogP contribution in [0.3, 0.4) is 0 Å². The lowest BCUT2D eigenvalue weighted by Gasteiger charge is -2.17. The zero-order valence-corrected chi connectivity index (χ0v) is 12.7. The van der Waals surface area contributed by atoms with Gasteiger partial charge in [0.25, 0.3) is 0 Å². The fourth-order valence-corrected chi connectivity index (χ4v) is 2.43. The summed E-state index contributed by atoms with van der Waals surface area (Å²) in [4.78, 5) is 0. The summed E-state index contributed by atoms with van der Waals surface area (Å²) in [6.45, 7) is 4.19. The first-order valence-electron chi connectivity index (χ1n) is 5.84. The van der Waals surface area contributed by atoms with Gasteiger partial charge in [-0.1, -0.05) is 45.7 Å². The van der Waals surface area contributed by atoms with Crippen LogP contribution in [0, 0.1) is 6.92 Å². The first-order chi connectivity index (χ1) is 8.56. The highest BCUT2D eigenvalue weighted by atomic mass is 79.9. The lowest BCUT2D eigenvalue weighted by molar-refractivity contribution is 0.883. The Morgan fingerprint density at radius 2 is 1.94 bits per heavy atom. The molecule has 3 heteroatoms. The molecule has 94 valence electrons.